The van der Waals surface area contributed by atoms with Gasteiger partial charge in [-0.15, -0.1) is 0 Å². The van der Waals surface area contributed by atoms with E-state index < -0.39 is 0 Å². The van der Waals surface area contributed by atoms with Gasteiger partial charge in [0.1, 0.15) is 5.75 Å². The number of hydrogen-bond donors (Lipinski definition) is 1. The van der Waals surface area contributed by atoms with Crippen LogP contribution in [-0.4, -0.2) is 27.7 Å². The van der Waals surface area contributed by atoms with Gasteiger partial charge in [-0.25, -0.2) is 0 Å². The van der Waals surface area contributed by atoms with Crippen LogP contribution in [0, 0.1) is 4.77 Å². The molecule has 0 fully saturated rings. The largest absolute Gasteiger partial charge is 0.492 e. The van der Waals surface area contributed by atoms with Crippen molar-refractivity contribution in [2.45, 2.75) is 46.0 Å². The van der Waals surface area contributed by atoms with Gasteiger partial charge in [-0.3, -0.25) is 5.10 Å². The first-order chi connectivity index (χ1) is 11.6. The molecule has 0 aliphatic carbocycles. The summed E-state index contributed by atoms with van der Waals surface area (Å²) in [5.41, 5.74) is 0.962. The highest BCUT2D eigenvalue weighted by atomic mass is 79.9. The number of benzene rings is 1. The Morgan fingerprint density at radius 3 is 2.75 bits per heavy atom. The van der Waals surface area contributed by atoms with Gasteiger partial charge in [-0.2, -0.15) is 14.9 Å². The zero-order chi connectivity index (χ0) is 17.5. The number of nitrogens with zero attached hydrogens (tertiary/aromatic N) is 3. The van der Waals surface area contributed by atoms with Gasteiger partial charge < -0.3 is 4.74 Å². The Hall–Kier alpha value is -1.47. The lowest BCUT2D eigenvalue weighted by molar-refractivity contribution is 0.315. The molecule has 24 heavy (non-hydrogen) atoms. The first-order valence-corrected chi connectivity index (χ1v) is 9.44. The Morgan fingerprint density at radius 1 is 1.38 bits per heavy atom. The number of aromatic nitrogens is 3. The lowest BCUT2D eigenvalue weighted by Crippen LogP contribution is -2.05. The Balaban J connectivity index is 2.24. The summed E-state index contributed by atoms with van der Waals surface area (Å²) in [6.07, 6.45) is 4.76. The average Bonchev–Trinajstić information content (AvgIpc) is 2.94. The summed E-state index contributed by atoms with van der Waals surface area (Å²) < 4.78 is 8.79. The third kappa shape index (κ3) is 4.54. The van der Waals surface area contributed by atoms with E-state index in [0.717, 1.165) is 40.9 Å². The van der Waals surface area contributed by atoms with Gasteiger partial charge in [0.15, 0.2) is 5.82 Å². The second-order valence-electron chi connectivity index (χ2n) is 5.50. The van der Waals surface area contributed by atoms with Crippen molar-refractivity contribution in [2.75, 3.05) is 6.61 Å². The van der Waals surface area contributed by atoms with Crippen LogP contribution >= 0.6 is 28.1 Å². The van der Waals surface area contributed by atoms with Gasteiger partial charge in [-0.1, -0.05) is 20.8 Å². The Bertz CT molecular complexity index is 749. The first kappa shape index (κ1) is 18.9. The molecular formula is C17H23BrN4OS. The standard InChI is InChI=1S/C17H23BrN4OS/c1-4-9-23-15-8-7-12(10-14(15)18)11-19-22-16(13(5-2)6-3)20-21-17(22)24/h7-8,10-11,13H,4-6,9H2,1-3H3,(H,21,24)/b19-11-. The monoisotopic (exact) mass is 410 g/mol. The molecule has 0 aliphatic rings. The van der Waals surface area contributed by atoms with Crippen LogP contribution in [0.5, 0.6) is 5.75 Å². The Morgan fingerprint density at radius 2 is 2.12 bits per heavy atom. The summed E-state index contributed by atoms with van der Waals surface area (Å²) in [6.45, 7) is 7.08. The maximum atomic E-state index is 5.66. The summed E-state index contributed by atoms with van der Waals surface area (Å²) in [4.78, 5) is 0. The van der Waals surface area contributed by atoms with Crippen molar-refractivity contribution in [3.8, 4) is 5.75 Å². The molecule has 0 bridgehead atoms. The molecule has 5 nitrogen and oxygen atoms in total. The Labute approximate surface area is 156 Å². The number of rotatable bonds is 8. The predicted octanol–water partition coefficient (Wildman–Crippen LogP) is 5.28. The van der Waals surface area contributed by atoms with Crippen molar-refractivity contribution in [3.63, 3.8) is 0 Å². The fraction of sp³-hybridized carbons (Fsp3) is 0.471. The second kappa shape index (κ2) is 9.13. The van der Waals surface area contributed by atoms with Crippen LogP contribution in [0.1, 0.15) is 57.3 Å². The van der Waals surface area contributed by atoms with E-state index in [4.69, 9.17) is 17.0 Å². The van der Waals surface area contributed by atoms with E-state index in [-0.39, 0.29) is 0 Å². The number of aromatic amines is 1. The molecular weight excluding hydrogens is 388 g/mol. The van der Waals surface area contributed by atoms with E-state index in [1.807, 2.05) is 18.2 Å². The minimum atomic E-state index is 0.339. The molecule has 1 N–H and O–H groups in total. The minimum Gasteiger partial charge on any atom is -0.492 e. The maximum Gasteiger partial charge on any atom is 0.216 e. The van der Waals surface area contributed by atoms with Crippen LogP contribution in [0.4, 0.5) is 0 Å². The number of nitrogens with one attached hydrogen (secondary N) is 1. The molecule has 0 amide bonds. The summed E-state index contributed by atoms with van der Waals surface area (Å²) in [7, 11) is 0. The summed E-state index contributed by atoms with van der Waals surface area (Å²) in [6, 6.07) is 5.90. The average molecular weight is 411 g/mol. The van der Waals surface area contributed by atoms with E-state index in [0.29, 0.717) is 17.3 Å². The van der Waals surface area contributed by atoms with E-state index in [1.165, 1.54) is 0 Å². The first-order valence-electron chi connectivity index (χ1n) is 8.24. The van der Waals surface area contributed by atoms with Crippen LogP contribution in [-0.2, 0) is 0 Å². The van der Waals surface area contributed by atoms with Gasteiger partial charge >= 0.3 is 0 Å². The third-order valence-electron chi connectivity index (χ3n) is 3.77. The van der Waals surface area contributed by atoms with Crippen LogP contribution < -0.4 is 4.74 Å². The minimum absolute atomic E-state index is 0.339. The molecule has 1 aromatic carbocycles. The van der Waals surface area contributed by atoms with E-state index in [2.05, 4.69) is 52.0 Å². The van der Waals surface area contributed by atoms with Crippen molar-refractivity contribution in [2.24, 2.45) is 5.10 Å². The summed E-state index contributed by atoms with van der Waals surface area (Å²) in [5, 5.41) is 11.7. The van der Waals surface area contributed by atoms with Crippen molar-refractivity contribution < 1.29 is 4.74 Å². The fourth-order valence-corrected chi connectivity index (χ4v) is 3.08. The number of hydrogen-bond acceptors (Lipinski definition) is 4. The number of halogens is 1. The van der Waals surface area contributed by atoms with E-state index >= 15 is 0 Å². The van der Waals surface area contributed by atoms with Crippen molar-refractivity contribution >= 4 is 34.4 Å². The van der Waals surface area contributed by atoms with Gasteiger partial charge in [0, 0.05) is 5.92 Å². The molecule has 0 saturated carbocycles. The molecule has 0 aliphatic heterocycles. The SMILES string of the molecule is CCCOc1ccc(/C=N\n2c(C(CC)CC)n[nH]c2=S)cc1Br. The predicted molar refractivity (Wildman–Crippen MR) is 104 cm³/mol. The molecule has 0 atom stereocenters. The number of H-pyrrole nitrogens is 1. The van der Waals surface area contributed by atoms with E-state index in [9.17, 15) is 0 Å². The highest BCUT2D eigenvalue weighted by Gasteiger charge is 2.14. The summed E-state index contributed by atoms with van der Waals surface area (Å²) >= 11 is 8.84. The molecule has 2 aromatic rings. The van der Waals surface area contributed by atoms with Crippen LogP contribution in [0.3, 0.4) is 0 Å². The quantitative estimate of drug-likeness (QED) is 0.475. The number of ether oxygens (including phenoxy) is 1. The molecule has 1 heterocycles. The molecule has 0 radical (unpaired) electrons. The van der Waals surface area contributed by atoms with Gasteiger partial charge in [0.25, 0.3) is 0 Å². The zero-order valence-electron chi connectivity index (χ0n) is 14.3. The van der Waals surface area contributed by atoms with Crippen LogP contribution in [0.25, 0.3) is 0 Å². The van der Waals surface area contributed by atoms with Crippen molar-refractivity contribution in [1.29, 1.82) is 0 Å². The highest BCUT2D eigenvalue weighted by Crippen LogP contribution is 2.26. The van der Waals surface area contributed by atoms with Gasteiger partial charge in [0.05, 0.1) is 17.3 Å². The van der Waals surface area contributed by atoms with Gasteiger partial charge in [0.2, 0.25) is 4.77 Å². The third-order valence-corrected chi connectivity index (χ3v) is 4.65. The molecule has 0 saturated heterocycles. The summed E-state index contributed by atoms with van der Waals surface area (Å²) in [5.74, 6) is 2.06. The molecule has 1 aromatic heterocycles. The lowest BCUT2D eigenvalue weighted by atomic mass is 10.0. The Kier molecular flexibility index (Phi) is 7.17. The molecule has 7 heteroatoms. The molecule has 0 spiro atoms. The van der Waals surface area contributed by atoms with E-state index in [1.54, 1.807) is 10.9 Å². The smallest absolute Gasteiger partial charge is 0.216 e. The molecule has 2 rings (SSSR count). The van der Waals surface area contributed by atoms with Crippen LogP contribution in [0.15, 0.2) is 27.8 Å². The topological polar surface area (TPSA) is 55.2 Å². The zero-order valence-corrected chi connectivity index (χ0v) is 16.7. The van der Waals surface area contributed by atoms with Crippen molar-refractivity contribution in [3.05, 3.63) is 38.8 Å². The normalized spacial score (nSPS) is 11.5. The highest BCUT2D eigenvalue weighted by molar-refractivity contribution is 9.10. The van der Waals surface area contributed by atoms with Gasteiger partial charge in [-0.05, 0) is 71.2 Å². The van der Waals surface area contributed by atoms with Crippen LogP contribution in [0.2, 0.25) is 0 Å². The molecule has 130 valence electrons. The lowest BCUT2D eigenvalue weighted by Gasteiger charge is -2.10. The maximum absolute atomic E-state index is 5.66. The molecule has 0 unspecified atom stereocenters. The second-order valence-corrected chi connectivity index (χ2v) is 6.74. The van der Waals surface area contributed by atoms with Crippen molar-refractivity contribution in [1.82, 2.24) is 14.9 Å². The fourth-order valence-electron chi connectivity index (χ4n) is 2.38.